The molecule has 5 heteroatoms. The van der Waals surface area contributed by atoms with E-state index in [1.165, 1.54) is 6.92 Å². The van der Waals surface area contributed by atoms with E-state index in [-0.39, 0.29) is 18.2 Å². The molecule has 1 N–H and O–H groups in total. The number of hydrogen-bond donors (Lipinski definition) is 1. The number of nitrogens with zero attached hydrogens (tertiary/aromatic N) is 1. The highest BCUT2D eigenvalue weighted by Crippen LogP contribution is 2.05. The molecule has 0 saturated heterocycles. The van der Waals surface area contributed by atoms with Crippen molar-refractivity contribution in [1.82, 2.24) is 4.90 Å². The van der Waals surface area contributed by atoms with Crippen LogP contribution in [0.15, 0.2) is 30.3 Å². The second kappa shape index (κ2) is 8.26. The molecule has 0 aliphatic rings. The Labute approximate surface area is 113 Å². The number of amides is 2. The molecule has 0 atom stereocenters. The predicted octanol–water partition coefficient (Wildman–Crippen LogP) is 1.51. The third-order valence-electron chi connectivity index (χ3n) is 2.68. The zero-order chi connectivity index (χ0) is 14.1. The number of anilines is 1. The van der Waals surface area contributed by atoms with Gasteiger partial charge in [-0.05, 0) is 12.1 Å². The largest absolute Gasteiger partial charge is 0.383 e. The molecule has 1 rings (SSSR count). The Hall–Kier alpha value is -1.88. The number of methoxy groups -OCH3 is 1. The molecule has 0 aliphatic heterocycles. The highest BCUT2D eigenvalue weighted by Gasteiger charge is 2.10. The number of rotatable bonds is 7. The minimum Gasteiger partial charge on any atom is -0.383 e. The van der Waals surface area contributed by atoms with Gasteiger partial charge in [-0.15, -0.1) is 0 Å². The van der Waals surface area contributed by atoms with Gasteiger partial charge >= 0.3 is 0 Å². The van der Waals surface area contributed by atoms with E-state index in [9.17, 15) is 9.59 Å². The van der Waals surface area contributed by atoms with Gasteiger partial charge in [0.1, 0.15) is 0 Å². The van der Waals surface area contributed by atoms with Gasteiger partial charge in [0.25, 0.3) is 0 Å². The number of carbonyl (C=O) groups excluding carboxylic acids is 2. The number of para-hydroxylation sites is 1. The Balaban J connectivity index is 2.37. The van der Waals surface area contributed by atoms with Gasteiger partial charge in [-0.3, -0.25) is 9.59 Å². The Kier molecular flexibility index (Phi) is 6.60. The van der Waals surface area contributed by atoms with E-state index >= 15 is 0 Å². The predicted molar refractivity (Wildman–Crippen MR) is 73.8 cm³/mol. The molecule has 2 amide bonds. The Morgan fingerprint density at radius 2 is 1.89 bits per heavy atom. The third kappa shape index (κ3) is 6.01. The summed E-state index contributed by atoms with van der Waals surface area (Å²) < 4.78 is 4.93. The van der Waals surface area contributed by atoms with Gasteiger partial charge in [0.2, 0.25) is 11.8 Å². The lowest BCUT2D eigenvalue weighted by molar-refractivity contribution is -0.130. The Morgan fingerprint density at radius 3 is 2.47 bits per heavy atom. The summed E-state index contributed by atoms with van der Waals surface area (Å²) in [5, 5.41) is 2.78. The lowest BCUT2D eigenvalue weighted by Crippen LogP contribution is -2.34. The van der Waals surface area contributed by atoms with E-state index in [2.05, 4.69) is 5.32 Å². The number of benzene rings is 1. The summed E-state index contributed by atoms with van der Waals surface area (Å²) in [6.07, 6.45) is 0.276. The van der Waals surface area contributed by atoms with Crippen LogP contribution in [0.2, 0.25) is 0 Å². The van der Waals surface area contributed by atoms with Gasteiger partial charge in [0.15, 0.2) is 0 Å². The number of hydrogen-bond acceptors (Lipinski definition) is 3. The molecule has 0 saturated carbocycles. The first kappa shape index (κ1) is 15.2. The molecule has 104 valence electrons. The highest BCUT2D eigenvalue weighted by atomic mass is 16.5. The number of nitrogens with one attached hydrogen (secondary N) is 1. The lowest BCUT2D eigenvalue weighted by atomic mass is 10.3. The SMILES string of the molecule is COCCN(CCC(=O)Nc1ccccc1)C(C)=O. The van der Waals surface area contributed by atoms with Crippen LogP contribution in [-0.4, -0.2) is 43.5 Å². The van der Waals surface area contributed by atoms with Crippen molar-refractivity contribution in [2.75, 3.05) is 32.1 Å². The zero-order valence-corrected chi connectivity index (χ0v) is 11.4. The fourth-order valence-corrected chi connectivity index (χ4v) is 1.61. The molecule has 0 fully saturated rings. The normalized spacial score (nSPS) is 10.0. The van der Waals surface area contributed by atoms with Gasteiger partial charge < -0.3 is 15.0 Å². The summed E-state index contributed by atoms with van der Waals surface area (Å²) in [6, 6.07) is 9.25. The van der Waals surface area contributed by atoms with Crippen molar-refractivity contribution in [3.05, 3.63) is 30.3 Å². The van der Waals surface area contributed by atoms with Crippen LogP contribution < -0.4 is 5.32 Å². The molecular weight excluding hydrogens is 244 g/mol. The lowest BCUT2D eigenvalue weighted by Gasteiger charge is -2.20. The van der Waals surface area contributed by atoms with Gasteiger partial charge in [0.05, 0.1) is 6.61 Å². The highest BCUT2D eigenvalue weighted by molar-refractivity contribution is 5.91. The van der Waals surface area contributed by atoms with Crippen molar-refractivity contribution in [1.29, 1.82) is 0 Å². The molecule has 1 aromatic rings. The molecule has 0 radical (unpaired) electrons. The van der Waals surface area contributed by atoms with Crippen LogP contribution in [-0.2, 0) is 14.3 Å². The van der Waals surface area contributed by atoms with Crippen molar-refractivity contribution in [3.63, 3.8) is 0 Å². The molecule has 0 aromatic heterocycles. The van der Waals surface area contributed by atoms with Crippen LogP contribution in [0.25, 0.3) is 0 Å². The van der Waals surface area contributed by atoms with Crippen molar-refractivity contribution >= 4 is 17.5 Å². The maximum absolute atomic E-state index is 11.7. The van der Waals surface area contributed by atoms with E-state index in [0.29, 0.717) is 19.7 Å². The Bertz CT molecular complexity index is 406. The summed E-state index contributed by atoms with van der Waals surface area (Å²) in [5.41, 5.74) is 0.763. The van der Waals surface area contributed by atoms with E-state index in [4.69, 9.17) is 4.74 Å². The first-order valence-corrected chi connectivity index (χ1v) is 6.23. The van der Waals surface area contributed by atoms with Crippen LogP contribution in [0.5, 0.6) is 0 Å². The first-order chi connectivity index (χ1) is 9.13. The maximum atomic E-state index is 11.7. The molecule has 0 spiro atoms. The van der Waals surface area contributed by atoms with Crippen molar-refractivity contribution in [2.45, 2.75) is 13.3 Å². The quantitative estimate of drug-likeness (QED) is 0.812. The van der Waals surface area contributed by atoms with Crippen molar-refractivity contribution in [2.24, 2.45) is 0 Å². The van der Waals surface area contributed by atoms with Gasteiger partial charge in [-0.1, -0.05) is 18.2 Å². The zero-order valence-electron chi connectivity index (χ0n) is 11.4. The minimum atomic E-state index is -0.102. The van der Waals surface area contributed by atoms with Crippen LogP contribution in [0.1, 0.15) is 13.3 Å². The van der Waals surface area contributed by atoms with Crippen molar-refractivity contribution < 1.29 is 14.3 Å². The topological polar surface area (TPSA) is 58.6 Å². The number of ether oxygens (including phenoxy) is 1. The average Bonchev–Trinajstić information content (AvgIpc) is 2.39. The maximum Gasteiger partial charge on any atom is 0.226 e. The second-order valence-electron chi connectivity index (χ2n) is 4.16. The van der Waals surface area contributed by atoms with E-state index < -0.39 is 0 Å². The van der Waals surface area contributed by atoms with Crippen LogP contribution in [0.3, 0.4) is 0 Å². The van der Waals surface area contributed by atoms with Gasteiger partial charge in [-0.2, -0.15) is 0 Å². The smallest absolute Gasteiger partial charge is 0.226 e. The van der Waals surface area contributed by atoms with E-state index in [1.54, 1.807) is 12.0 Å². The molecule has 19 heavy (non-hydrogen) atoms. The minimum absolute atomic E-state index is 0.0513. The molecule has 0 unspecified atom stereocenters. The summed E-state index contributed by atoms with van der Waals surface area (Å²) in [5.74, 6) is -0.153. The summed E-state index contributed by atoms with van der Waals surface area (Å²) in [7, 11) is 1.58. The van der Waals surface area contributed by atoms with E-state index in [0.717, 1.165) is 5.69 Å². The van der Waals surface area contributed by atoms with Crippen LogP contribution in [0, 0.1) is 0 Å². The monoisotopic (exact) mass is 264 g/mol. The first-order valence-electron chi connectivity index (χ1n) is 6.23. The number of carbonyl (C=O) groups is 2. The second-order valence-corrected chi connectivity index (χ2v) is 4.16. The molecule has 0 bridgehead atoms. The van der Waals surface area contributed by atoms with Gasteiger partial charge in [-0.25, -0.2) is 0 Å². The molecular formula is C14H20N2O3. The fraction of sp³-hybridized carbons (Fsp3) is 0.429. The summed E-state index contributed by atoms with van der Waals surface area (Å²) >= 11 is 0. The molecule has 5 nitrogen and oxygen atoms in total. The van der Waals surface area contributed by atoms with E-state index in [1.807, 2.05) is 30.3 Å². The molecule has 0 heterocycles. The molecule has 1 aromatic carbocycles. The Morgan fingerprint density at radius 1 is 1.21 bits per heavy atom. The van der Waals surface area contributed by atoms with Crippen molar-refractivity contribution in [3.8, 4) is 0 Å². The summed E-state index contributed by atoms with van der Waals surface area (Å²) in [6.45, 7) is 2.87. The summed E-state index contributed by atoms with van der Waals surface area (Å²) in [4.78, 5) is 24.7. The van der Waals surface area contributed by atoms with Gasteiger partial charge in [0, 0.05) is 39.2 Å². The average molecular weight is 264 g/mol. The molecule has 0 aliphatic carbocycles. The standard InChI is InChI=1S/C14H20N2O3/c1-12(17)16(10-11-19-2)9-8-14(18)15-13-6-4-3-5-7-13/h3-7H,8-11H2,1-2H3,(H,15,18). The van der Waals surface area contributed by atoms with Crippen LogP contribution in [0.4, 0.5) is 5.69 Å². The fourth-order valence-electron chi connectivity index (χ4n) is 1.61. The van der Waals surface area contributed by atoms with Crippen LogP contribution >= 0.6 is 0 Å². The third-order valence-corrected chi connectivity index (χ3v) is 2.68.